The van der Waals surface area contributed by atoms with Crippen LogP contribution < -0.4 is 10.6 Å². The molecule has 2 N–H and O–H groups in total. The molecule has 220 valence electrons. The van der Waals surface area contributed by atoms with Gasteiger partial charge in [0, 0.05) is 37.3 Å². The second-order valence-electron chi connectivity index (χ2n) is 11.2. The fourth-order valence-electron chi connectivity index (χ4n) is 5.58. The van der Waals surface area contributed by atoms with Crippen LogP contribution in [0.15, 0.2) is 60.7 Å². The van der Waals surface area contributed by atoms with E-state index in [0.717, 1.165) is 51.9 Å². The second-order valence-corrected chi connectivity index (χ2v) is 11.2. The number of carbonyl (C=O) groups excluding carboxylic acids is 2. The smallest absolute Gasteiger partial charge is 0.252 e. The van der Waals surface area contributed by atoms with Gasteiger partial charge in [-0.05, 0) is 37.1 Å². The van der Waals surface area contributed by atoms with Crippen LogP contribution in [0.5, 0.6) is 0 Å². The van der Waals surface area contributed by atoms with Crippen molar-refractivity contribution in [2.75, 3.05) is 26.2 Å². The first-order valence-electron chi connectivity index (χ1n) is 15.8. The van der Waals surface area contributed by atoms with Crippen LogP contribution in [0.1, 0.15) is 112 Å². The summed E-state index contributed by atoms with van der Waals surface area (Å²) in [4.78, 5) is 31.0. The van der Waals surface area contributed by atoms with Gasteiger partial charge in [-0.3, -0.25) is 19.4 Å². The largest absolute Gasteiger partial charge is 0.336 e. The predicted octanol–water partition coefficient (Wildman–Crippen LogP) is 6.84. The fourth-order valence-corrected chi connectivity index (χ4v) is 5.58. The van der Waals surface area contributed by atoms with Crippen LogP contribution in [0, 0.1) is 0 Å². The molecule has 0 saturated carbocycles. The highest BCUT2D eigenvalue weighted by molar-refractivity contribution is 5.94. The molecule has 0 aromatic heterocycles. The molecule has 0 bridgehead atoms. The Hall–Kier alpha value is -2.70. The van der Waals surface area contributed by atoms with E-state index in [-0.39, 0.29) is 24.1 Å². The summed E-state index contributed by atoms with van der Waals surface area (Å²) in [7, 11) is 0. The van der Waals surface area contributed by atoms with E-state index < -0.39 is 0 Å². The minimum absolute atomic E-state index is 0.00154. The second kappa shape index (κ2) is 18.6. The average Bonchev–Trinajstić information content (AvgIpc) is 3.00. The first-order valence-corrected chi connectivity index (χ1v) is 15.8. The summed E-state index contributed by atoms with van der Waals surface area (Å²) in [5.74, 6) is 0.00309. The Morgan fingerprint density at radius 2 is 0.925 bits per heavy atom. The van der Waals surface area contributed by atoms with Gasteiger partial charge < -0.3 is 10.6 Å². The Morgan fingerprint density at radius 1 is 0.575 bits per heavy atom. The summed E-state index contributed by atoms with van der Waals surface area (Å²) in [5.41, 5.74) is 1.42. The molecular formula is C34H52N4O2. The maximum absolute atomic E-state index is 13.1. The van der Waals surface area contributed by atoms with E-state index in [1.54, 1.807) is 0 Å². The molecule has 0 radical (unpaired) electrons. The summed E-state index contributed by atoms with van der Waals surface area (Å²) in [6.07, 6.45) is 14.2. The zero-order chi connectivity index (χ0) is 28.4. The molecule has 1 fully saturated rings. The van der Waals surface area contributed by atoms with Crippen LogP contribution in [0.25, 0.3) is 0 Å². The van der Waals surface area contributed by atoms with Crippen LogP contribution in [-0.4, -0.2) is 60.1 Å². The number of piperazine rings is 1. The lowest BCUT2D eigenvalue weighted by Gasteiger charge is -2.42. The molecule has 1 aliphatic rings. The zero-order valence-electron chi connectivity index (χ0n) is 25.0. The molecule has 2 atom stereocenters. The number of nitrogens with zero attached hydrogens (tertiary/aromatic N) is 2. The number of carbonyl (C=O) groups is 2. The van der Waals surface area contributed by atoms with Crippen LogP contribution >= 0.6 is 0 Å². The Balaban J connectivity index is 1.60. The number of amides is 2. The van der Waals surface area contributed by atoms with E-state index >= 15 is 0 Å². The maximum Gasteiger partial charge on any atom is 0.252 e. The summed E-state index contributed by atoms with van der Waals surface area (Å²) < 4.78 is 0. The molecule has 1 saturated heterocycles. The molecule has 1 heterocycles. The Kier molecular flexibility index (Phi) is 14.8. The highest BCUT2D eigenvalue weighted by Crippen LogP contribution is 2.17. The van der Waals surface area contributed by atoms with Crippen LogP contribution in [-0.2, 0) is 0 Å². The third-order valence-corrected chi connectivity index (χ3v) is 8.06. The Bertz CT molecular complexity index is 881. The molecule has 6 heteroatoms. The van der Waals surface area contributed by atoms with Gasteiger partial charge in [0.2, 0.25) is 0 Å². The summed E-state index contributed by atoms with van der Waals surface area (Å²) >= 11 is 0. The van der Waals surface area contributed by atoms with Crippen molar-refractivity contribution in [2.45, 2.75) is 103 Å². The summed E-state index contributed by atoms with van der Waals surface area (Å²) in [5, 5.41) is 6.69. The van der Waals surface area contributed by atoms with E-state index in [4.69, 9.17) is 0 Å². The minimum atomic E-state index is 0.00154. The van der Waals surface area contributed by atoms with E-state index in [9.17, 15) is 9.59 Å². The van der Waals surface area contributed by atoms with Crippen LogP contribution in [0.2, 0.25) is 0 Å². The van der Waals surface area contributed by atoms with Gasteiger partial charge in [-0.1, -0.05) is 114 Å². The van der Waals surface area contributed by atoms with Gasteiger partial charge in [0.15, 0.2) is 0 Å². The Morgan fingerprint density at radius 3 is 1.27 bits per heavy atom. The highest BCUT2D eigenvalue weighted by Gasteiger charge is 2.29. The summed E-state index contributed by atoms with van der Waals surface area (Å²) in [6, 6.07) is 19.1. The van der Waals surface area contributed by atoms with Gasteiger partial charge in [0.1, 0.15) is 0 Å². The van der Waals surface area contributed by atoms with Crippen molar-refractivity contribution in [1.29, 1.82) is 0 Å². The van der Waals surface area contributed by atoms with Crippen molar-refractivity contribution in [3.63, 3.8) is 0 Å². The van der Waals surface area contributed by atoms with Crippen molar-refractivity contribution in [3.05, 3.63) is 71.8 Å². The SMILES string of the molecule is CCCCCCCC(NC(=O)c1ccccc1)N1CCN(C(CCCCCCC)NC(=O)c2ccccc2)CC1. The number of benzene rings is 2. The molecule has 1 aliphatic heterocycles. The monoisotopic (exact) mass is 548 g/mol. The maximum atomic E-state index is 13.1. The molecule has 2 unspecified atom stereocenters. The molecule has 2 aromatic carbocycles. The van der Waals surface area contributed by atoms with Crippen molar-refractivity contribution in [2.24, 2.45) is 0 Å². The number of unbranched alkanes of at least 4 members (excludes halogenated alkanes) is 8. The molecule has 6 nitrogen and oxygen atoms in total. The standard InChI is InChI=1S/C34H52N4O2/c1-3-5-7-9-17-23-31(35-33(39)29-19-13-11-14-20-29)37-25-27-38(28-26-37)32(24-18-10-8-6-4-2)36-34(40)30-21-15-12-16-22-30/h11-16,19-22,31-32H,3-10,17-18,23-28H2,1-2H3,(H,35,39)(H,36,40). The molecule has 3 rings (SSSR count). The van der Waals surface area contributed by atoms with E-state index in [0.29, 0.717) is 11.1 Å². The van der Waals surface area contributed by atoms with Crippen molar-refractivity contribution in [1.82, 2.24) is 20.4 Å². The van der Waals surface area contributed by atoms with Crippen LogP contribution in [0.3, 0.4) is 0 Å². The van der Waals surface area contributed by atoms with Gasteiger partial charge in [0.25, 0.3) is 11.8 Å². The molecular weight excluding hydrogens is 496 g/mol. The quantitative estimate of drug-likeness (QED) is 0.200. The highest BCUT2D eigenvalue weighted by atomic mass is 16.2. The fraction of sp³-hybridized carbons (Fsp3) is 0.588. The average molecular weight is 549 g/mol. The molecule has 2 amide bonds. The zero-order valence-corrected chi connectivity index (χ0v) is 25.0. The number of nitrogens with one attached hydrogen (secondary N) is 2. The van der Waals surface area contributed by atoms with Gasteiger partial charge in [-0.2, -0.15) is 0 Å². The van der Waals surface area contributed by atoms with Crippen molar-refractivity contribution < 1.29 is 9.59 Å². The number of hydrogen-bond donors (Lipinski definition) is 2. The van der Waals surface area contributed by atoms with Gasteiger partial charge >= 0.3 is 0 Å². The normalized spacial score (nSPS) is 15.8. The van der Waals surface area contributed by atoms with E-state index in [1.807, 2.05) is 60.7 Å². The number of rotatable bonds is 18. The first-order chi connectivity index (χ1) is 19.6. The molecule has 2 aromatic rings. The minimum Gasteiger partial charge on any atom is -0.336 e. The van der Waals surface area contributed by atoms with Gasteiger partial charge in [-0.25, -0.2) is 0 Å². The third-order valence-electron chi connectivity index (χ3n) is 8.06. The topological polar surface area (TPSA) is 64.7 Å². The molecule has 40 heavy (non-hydrogen) atoms. The van der Waals surface area contributed by atoms with Crippen molar-refractivity contribution >= 4 is 11.8 Å². The van der Waals surface area contributed by atoms with Gasteiger partial charge in [-0.15, -0.1) is 0 Å². The molecule has 0 aliphatic carbocycles. The number of hydrogen-bond acceptors (Lipinski definition) is 4. The Labute approximate surface area is 242 Å². The molecule has 0 spiro atoms. The van der Waals surface area contributed by atoms with E-state index in [2.05, 4.69) is 34.3 Å². The van der Waals surface area contributed by atoms with E-state index in [1.165, 1.54) is 51.4 Å². The lowest BCUT2D eigenvalue weighted by atomic mass is 10.1. The predicted molar refractivity (Wildman–Crippen MR) is 165 cm³/mol. The summed E-state index contributed by atoms with van der Waals surface area (Å²) in [6.45, 7) is 7.99. The van der Waals surface area contributed by atoms with Gasteiger partial charge in [0.05, 0.1) is 12.3 Å². The van der Waals surface area contributed by atoms with Crippen LogP contribution in [0.4, 0.5) is 0 Å². The lowest BCUT2D eigenvalue weighted by Crippen LogP contribution is -2.60. The first kappa shape index (κ1) is 31.8. The van der Waals surface area contributed by atoms with Crippen molar-refractivity contribution in [3.8, 4) is 0 Å². The third kappa shape index (κ3) is 11.1. The lowest BCUT2D eigenvalue weighted by molar-refractivity contribution is 0.0370.